The smallest absolute Gasteiger partial charge is 0.355 e. The zero-order valence-corrected chi connectivity index (χ0v) is 8.73. The molecular weight excluding hydrogens is 192 g/mol. The van der Waals surface area contributed by atoms with Crippen LogP contribution >= 0.6 is 0 Å². The van der Waals surface area contributed by atoms with E-state index in [0.717, 1.165) is 11.0 Å². The summed E-state index contributed by atoms with van der Waals surface area (Å²) < 4.78 is 6.74. The summed E-state index contributed by atoms with van der Waals surface area (Å²) in [7, 11) is 1.83. The van der Waals surface area contributed by atoms with Gasteiger partial charge in [0.25, 0.3) is 0 Å². The third kappa shape index (κ3) is 1.58. The van der Waals surface area contributed by atoms with Gasteiger partial charge in [-0.05, 0) is 25.1 Å². The molecule has 2 rings (SSSR count). The number of rotatable bonds is 2. The van der Waals surface area contributed by atoms with Crippen LogP contribution in [-0.4, -0.2) is 22.1 Å². The Morgan fingerprint density at radius 1 is 1.60 bits per heavy atom. The maximum Gasteiger partial charge on any atom is 0.355 e. The predicted octanol–water partition coefficient (Wildman–Crippen LogP) is 1.75. The van der Waals surface area contributed by atoms with Crippen LogP contribution in [0.3, 0.4) is 0 Å². The van der Waals surface area contributed by atoms with Gasteiger partial charge in [0.05, 0.1) is 17.6 Å². The highest BCUT2D eigenvalue weighted by Gasteiger charge is 2.13. The van der Waals surface area contributed by atoms with E-state index in [2.05, 4.69) is 4.98 Å². The van der Waals surface area contributed by atoms with E-state index in [1.54, 1.807) is 23.8 Å². The monoisotopic (exact) mass is 204 g/mol. The number of aryl methyl sites for hydroxylation is 1. The lowest BCUT2D eigenvalue weighted by Gasteiger charge is -2.02. The number of pyridine rings is 1. The first kappa shape index (κ1) is 9.71. The molecule has 0 N–H and O–H groups in total. The maximum atomic E-state index is 11.6. The Labute approximate surface area is 87.5 Å². The third-order valence-corrected chi connectivity index (χ3v) is 2.30. The number of hydrogen-bond donors (Lipinski definition) is 0. The molecule has 2 aromatic heterocycles. The molecule has 0 spiro atoms. The molecule has 0 radical (unpaired) electrons. The van der Waals surface area contributed by atoms with Gasteiger partial charge >= 0.3 is 5.97 Å². The van der Waals surface area contributed by atoms with Gasteiger partial charge in [0.1, 0.15) is 5.69 Å². The van der Waals surface area contributed by atoms with E-state index < -0.39 is 0 Å². The van der Waals surface area contributed by atoms with Crippen molar-refractivity contribution in [1.29, 1.82) is 0 Å². The van der Waals surface area contributed by atoms with Gasteiger partial charge in [0.2, 0.25) is 0 Å². The number of aromatic nitrogens is 2. The van der Waals surface area contributed by atoms with Crippen LogP contribution < -0.4 is 0 Å². The van der Waals surface area contributed by atoms with Gasteiger partial charge in [-0.25, -0.2) is 4.79 Å². The second-order valence-corrected chi connectivity index (χ2v) is 3.22. The molecule has 0 fully saturated rings. The second kappa shape index (κ2) is 3.73. The Balaban J connectivity index is 2.53. The van der Waals surface area contributed by atoms with Crippen LogP contribution in [0.4, 0.5) is 0 Å². The van der Waals surface area contributed by atoms with Crippen LogP contribution in [0.15, 0.2) is 24.4 Å². The summed E-state index contributed by atoms with van der Waals surface area (Å²) in [6, 6.07) is 5.51. The second-order valence-electron chi connectivity index (χ2n) is 3.22. The molecule has 0 atom stereocenters. The molecule has 0 saturated carbocycles. The Morgan fingerprint density at radius 2 is 2.40 bits per heavy atom. The lowest BCUT2D eigenvalue weighted by molar-refractivity contribution is 0.0516. The number of nitrogens with zero attached hydrogens (tertiary/aromatic N) is 2. The Morgan fingerprint density at radius 3 is 3.07 bits per heavy atom. The fourth-order valence-corrected chi connectivity index (χ4v) is 1.56. The minimum absolute atomic E-state index is 0.307. The molecule has 0 aliphatic carbocycles. The van der Waals surface area contributed by atoms with Crippen molar-refractivity contribution in [2.45, 2.75) is 6.92 Å². The van der Waals surface area contributed by atoms with Crippen LogP contribution in [-0.2, 0) is 11.8 Å². The average Bonchev–Trinajstić information content (AvgIpc) is 2.57. The summed E-state index contributed by atoms with van der Waals surface area (Å²) in [6.45, 7) is 2.17. The van der Waals surface area contributed by atoms with Crippen LogP contribution in [0.5, 0.6) is 0 Å². The van der Waals surface area contributed by atoms with E-state index in [9.17, 15) is 4.79 Å². The van der Waals surface area contributed by atoms with Gasteiger partial charge in [-0.15, -0.1) is 0 Å². The molecule has 0 aliphatic rings. The minimum Gasteiger partial charge on any atom is -0.461 e. The molecule has 15 heavy (non-hydrogen) atoms. The molecule has 0 aliphatic heterocycles. The number of carbonyl (C=O) groups is 1. The highest BCUT2D eigenvalue weighted by molar-refractivity contribution is 5.94. The SMILES string of the molecule is CCOC(=O)c1cc2ncccc2n1C. The number of carbonyl (C=O) groups excluding carboxylic acids is 1. The van der Waals surface area contributed by atoms with Gasteiger partial charge < -0.3 is 9.30 Å². The van der Waals surface area contributed by atoms with E-state index in [0.29, 0.717) is 12.3 Å². The predicted molar refractivity (Wildman–Crippen MR) is 56.7 cm³/mol. The molecule has 78 valence electrons. The highest BCUT2D eigenvalue weighted by atomic mass is 16.5. The number of fused-ring (bicyclic) bond motifs is 1. The first-order valence-electron chi connectivity index (χ1n) is 4.81. The molecule has 0 bridgehead atoms. The van der Waals surface area contributed by atoms with E-state index in [1.807, 2.05) is 19.2 Å². The molecule has 4 heteroatoms. The van der Waals surface area contributed by atoms with E-state index in [-0.39, 0.29) is 5.97 Å². The summed E-state index contributed by atoms with van der Waals surface area (Å²) >= 11 is 0. The van der Waals surface area contributed by atoms with Crippen molar-refractivity contribution in [1.82, 2.24) is 9.55 Å². The summed E-state index contributed by atoms with van der Waals surface area (Å²) in [5.41, 5.74) is 2.27. The van der Waals surface area contributed by atoms with Gasteiger partial charge in [-0.3, -0.25) is 4.98 Å². The van der Waals surface area contributed by atoms with Crippen molar-refractivity contribution in [2.24, 2.45) is 7.05 Å². The lowest BCUT2D eigenvalue weighted by atomic mass is 10.4. The maximum absolute atomic E-state index is 11.6. The molecule has 0 unspecified atom stereocenters. The fraction of sp³-hybridized carbons (Fsp3) is 0.273. The molecule has 0 amide bonds. The number of esters is 1. The van der Waals surface area contributed by atoms with E-state index in [4.69, 9.17) is 4.74 Å². The summed E-state index contributed by atoms with van der Waals surface area (Å²) in [5, 5.41) is 0. The summed E-state index contributed by atoms with van der Waals surface area (Å²) in [6.07, 6.45) is 1.71. The lowest BCUT2D eigenvalue weighted by Crippen LogP contribution is -2.09. The Bertz CT molecular complexity index is 502. The number of ether oxygens (including phenoxy) is 1. The van der Waals surface area contributed by atoms with Crippen molar-refractivity contribution >= 4 is 17.0 Å². The topological polar surface area (TPSA) is 44.1 Å². The molecular formula is C11H12N2O2. The molecule has 0 saturated heterocycles. The standard InChI is InChI=1S/C11H12N2O2/c1-3-15-11(14)10-7-8-9(13(10)2)5-4-6-12-8/h4-7H,3H2,1-2H3. The van der Waals surface area contributed by atoms with Gasteiger partial charge in [0, 0.05) is 13.2 Å². The van der Waals surface area contributed by atoms with Crippen molar-refractivity contribution in [2.75, 3.05) is 6.61 Å². The first-order chi connectivity index (χ1) is 7.24. The Hall–Kier alpha value is -1.84. The molecule has 2 aromatic rings. The highest BCUT2D eigenvalue weighted by Crippen LogP contribution is 2.16. The number of hydrogen-bond acceptors (Lipinski definition) is 3. The molecule has 0 aromatic carbocycles. The van der Waals surface area contributed by atoms with Crippen LogP contribution in [0, 0.1) is 0 Å². The zero-order chi connectivity index (χ0) is 10.8. The summed E-state index contributed by atoms with van der Waals surface area (Å²) in [5.74, 6) is -0.307. The molecule has 2 heterocycles. The normalized spacial score (nSPS) is 10.5. The average molecular weight is 204 g/mol. The minimum atomic E-state index is -0.307. The van der Waals surface area contributed by atoms with Gasteiger partial charge in [-0.1, -0.05) is 0 Å². The van der Waals surface area contributed by atoms with Crippen molar-refractivity contribution < 1.29 is 9.53 Å². The van der Waals surface area contributed by atoms with Crippen LogP contribution in [0.1, 0.15) is 17.4 Å². The van der Waals surface area contributed by atoms with Crippen LogP contribution in [0.2, 0.25) is 0 Å². The Kier molecular flexibility index (Phi) is 2.41. The van der Waals surface area contributed by atoms with Gasteiger partial charge in [0.15, 0.2) is 0 Å². The van der Waals surface area contributed by atoms with Gasteiger partial charge in [-0.2, -0.15) is 0 Å². The zero-order valence-electron chi connectivity index (χ0n) is 8.73. The third-order valence-electron chi connectivity index (χ3n) is 2.30. The molecule has 4 nitrogen and oxygen atoms in total. The quantitative estimate of drug-likeness (QED) is 0.700. The van der Waals surface area contributed by atoms with Crippen molar-refractivity contribution in [3.8, 4) is 0 Å². The largest absolute Gasteiger partial charge is 0.461 e. The van der Waals surface area contributed by atoms with Crippen LogP contribution in [0.25, 0.3) is 11.0 Å². The fourth-order valence-electron chi connectivity index (χ4n) is 1.56. The summed E-state index contributed by atoms with van der Waals surface area (Å²) in [4.78, 5) is 15.7. The first-order valence-corrected chi connectivity index (χ1v) is 4.81. The van der Waals surface area contributed by atoms with E-state index >= 15 is 0 Å². The van der Waals surface area contributed by atoms with Crippen molar-refractivity contribution in [3.05, 3.63) is 30.1 Å². The van der Waals surface area contributed by atoms with E-state index in [1.165, 1.54) is 0 Å². The van der Waals surface area contributed by atoms with Crippen molar-refractivity contribution in [3.63, 3.8) is 0 Å².